The van der Waals surface area contributed by atoms with E-state index in [9.17, 15) is 8.42 Å². The number of hydrogen-bond acceptors (Lipinski definition) is 4. The summed E-state index contributed by atoms with van der Waals surface area (Å²) in [5.74, 6) is -0.0273. The normalized spacial score (nSPS) is 28.6. The van der Waals surface area contributed by atoms with E-state index in [-0.39, 0.29) is 18.2 Å². The zero-order chi connectivity index (χ0) is 15.7. The van der Waals surface area contributed by atoms with Crippen molar-refractivity contribution < 1.29 is 13.2 Å². The van der Waals surface area contributed by atoms with Crippen molar-refractivity contribution in [3.05, 3.63) is 34.9 Å². The highest BCUT2D eigenvalue weighted by molar-refractivity contribution is 7.92. The zero-order valence-corrected chi connectivity index (χ0v) is 14.0. The van der Waals surface area contributed by atoms with Gasteiger partial charge in [0.25, 0.3) is 0 Å². The average Bonchev–Trinajstić information content (AvgIpc) is 3.15. The Labute approximate surface area is 131 Å². The summed E-state index contributed by atoms with van der Waals surface area (Å²) in [4.78, 5) is 0. The van der Waals surface area contributed by atoms with Crippen LogP contribution < -0.4 is 5.73 Å². The minimum atomic E-state index is -3.19. The molecule has 2 N–H and O–H groups in total. The average molecular weight is 332 g/mol. The summed E-state index contributed by atoms with van der Waals surface area (Å²) in [6, 6.07) is 7.36. The summed E-state index contributed by atoms with van der Waals surface area (Å²) < 4.78 is 30.4. The predicted octanol–water partition coefficient (Wildman–Crippen LogP) is 2.22. The lowest BCUT2D eigenvalue weighted by Gasteiger charge is -2.15. The van der Waals surface area contributed by atoms with Crippen LogP contribution >= 0.6 is 11.6 Å². The van der Waals surface area contributed by atoms with Gasteiger partial charge in [-0.05, 0) is 24.6 Å². The van der Waals surface area contributed by atoms with Gasteiger partial charge in [-0.15, -0.1) is 0 Å². The Balaban J connectivity index is 2.41. The molecule has 3 atom stereocenters. The molecule has 0 unspecified atom stereocenters. The van der Waals surface area contributed by atoms with Gasteiger partial charge in [0.15, 0.2) is 9.84 Å². The van der Waals surface area contributed by atoms with Crippen LogP contribution in [0, 0.1) is 5.41 Å². The molecule has 1 aromatic carbocycles. The molecule has 0 heterocycles. The van der Waals surface area contributed by atoms with Crippen LogP contribution in [0.2, 0.25) is 5.02 Å². The molecule has 0 amide bonds. The molecule has 0 radical (unpaired) electrons. The summed E-state index contributed by atoms with van der Waals surface area (Å²) in [6.45, 7) is 4.76. The standard InChI is InChI=1S/C15H22ClNO3S/c1-3-20-10-15(9-17)13(14(15)21(18,19)4-2)11-6-5-7-12(16)8-11/h5-8,13-14H,3-4,9-10,17H2,1-2H3/t13-,14+,15+/m1/s1. The Morgan fingerprint density at radius 3 is 2.62 bits per heavy atom. The first-order chi connectivity index (χ1) is 9.93. The van der Waals surface area contributed by atoms with Gasteiger partial charge in [-0.25, -0.2) is 8.42 Å². The molecule has 0 aromatic heterocycles. The maximum absolute atomic E-state index is 12.4. The van der Waals surface area contributed by atoms with Crippen LogP contribution in [-0.2, 0) is 14.6 Å². The Hall–Kier alpha value is -0.620. The lowest BCUT2D eigenvalue weighted by Crippen LogP contribution is -2.29. The van der Waals surface area contributed by atoms with E-state index in [4.69, 9.17) is 22.1 Å². The van der Waals surface area contributed by atoms with E-state index < -0.39 is 20.5 Å². The van der Waals surface area contributed by atoms with Gasteiger partial charge in [0.1, 0.15) is 0 Å². The molecule has 0 bridgehead atoms. The SMILES string of the molecule is CCOC[C@@]1(CN)[C@H](c2cccc(Cl)c2)[C@@H]1S(=O)(=O)CC. The van der Waals surface area contributed by atoms with Crippen molar-refractivity contribution in [3.8, 4) is 0 Å². The Morgan fingerprint density at radius 1 is 1.38 bits per heavy atom. The highest BCUT2D eigenvalue weighted by Gasteiger charge is 2.69. The lowest BCUT2D eigenvalue weighted by atomic mass is 10.00. The van der Waals surface area contributed by atoms with Crippen LogP contribution in [0.15, 0.2) is 24.3 Å². The van der Waals surface area contributed by atoms with Gasteiger partial charge in [-0.2, -0.15) is 0 Å². The number of nitrogens with two attached hydrogens (primary N) is 1. The van der Waals surface area contributed by atoms with Gasteiger partial charge in [-0.1, -0.05) is 30.7 Å². The maximum Gasteiger partial charge on any atom is 0.154 e. The van der Waals surface area contributed by atoms with Crippen LogP contribution in [-0.4, -0.2) is 39.2 Å². The third-order valence-electron chi connectivity index (χ3n) is 4.33. The molecule has 1 aromatic rings. The summed E-state index contributed by atoms with van der Waals surface area (Å²) in [5, 5.41) is 0.124. The molecule has 1 aliphatic carbocycles. The van der Waals surface area contributed by atoms with Crippen LogP contribution in [0.5, 0.6) is 0 Å². The molecular formula is C15H22ClNO3S. The van der Waals surface area contributed by atoms with E-state index in [0.29, 0.717) is 18.2 Å². The molecule has 4 nitrogen and oxygen atoms in total. The first-order valence-electron chi connectivity index (χ1n) is 7.17. The van der Waals surface area contributed by atoms with Gasteiger partial charge in [-0.3, -0.25) is 0 Å². The summed E-state index contributed by atoms with van der Waals surface area (Å²) in [6.07, 6.45) is 0. The smallest absolute Gasteiger partial charge is 0.154 e. The van der Waals surface area contributed by atoms with Crippen molar-refractivity contribution in [1.82, 2.24) is 0 Å². The molecule has 1 fully saturated rings. The van der Waals surface area contributed by atoms with E-state index >= 15 is 0 Å². The van der Waals surface area contributed by atoms with E-state index in [1.54, 1.807) is 13.0 Å². The molecule has 0 saturated heterocycles. The zero-order valence-electron chi connectivity index (χ0n) is 12.4. The van der Waals surface area contributed by atoms with Gasteiger partial charge in [0.2, 0.25) is 0 Å². The van der Waals surface area contributed by atoms with Crippen molar-refractivity contribution in [3.63, 3.8) is 0 Å². The summed E-state index contributed by atoms with van der Waals surface area (Å²) in [5.41, 5.74) is 6.33. The molecule has 6 heteroatoms. The van der Waals surface area contributed by atoms with Gasteiger partial charge in [0, 0.05) is 35.3 Å². The number of halogens is 1. The number of rotatable bonds is 7. The van der Waals surface area contributed by atoms with Crippen LogP contribution in [0.4, 0.5) is 0 Å². The second-order valence-electron chi connectivity index (χ2n) is 5.48. The molecule has 118 valence electrons. The fourth-order valence-corrected chi connectivity index (χ4v) is 5.52. The van der Waals surface area contributed by atoms with Gasteiger partial charge < -0.3 is 10.5 Å². The molecule has 21 heavy (non-hydrogen) atoms. The second-order valence-corrected chi connectivity index (χ2v) is 8.33. The third kappa shape index (κ3) is 2.97. The largest absolute Gasteiger partial charge is 0.381 e. The van der Waals surface area contributed by atoms with Crippen molar-refractivity contribution in [2.24, 2.45) is 11.1 Å². The lowest BCUT2D eigenvalue weighted by molar-refractivity contribution is 0.101. The van der Waals surface area contributed by atoms with Crippen molar-refractivity contribution in [2.75, 3.05) is 25.5 Å². The predicted molar refractivity (Wildman–Crippen MR) is 85.4 cm³/mol. The third-order valence-corrected chi connectivity index (χ3v) is 6.89. The molecule has 0 spiro atoms. The second kappa shape index (κ2) is 6.24. The number of sulfone groups is 1. The number of ether oxygens (including phenoxy) is 1. The van der Waals surface area contributed by atoms with E-state index in [2.05, 4.69) is 0 Å². The van der Waals surface area contributed by atoms with E-state index in [1.807, 2.05) is 25.1 Å². The Morgan fingerprint density at radius 2 is 2.10 bits per heavy atom. The first kappa shape index (κ1) is 16.7. The number of benzene rings is 1. The molecular weight excluding hydrogens is 310 g/mol. The minimum absolute atomic E-state index is 0.114. The Bertz CT molecular complexity index is 605. The van der Waals surface area contributed by atoms with E-state index in [0.717, 1.165) is 5.56 Å². The summed E-state index contributed by atoms with van der Waals surface area (Å²) in [7, 11) is -3.19. The van der Waals surface area contributed by atoms with Crippen molar-refractivity contribution in [1.29, 1.82) is 0 Å². The monoisotopic (exact) mass is 331 g/mol. The molecule has 1 aliphatic rings. The van der Waals surface area contributed by atoms with Crippen LogP contribution in [0.25, 0.3) is 0 Å². The Kier molecular flexibility index (Phi) is 4.98. The molecule has 2 rings (SSSR count). The summed E-state index contributed by atoms with van der Waals surface area (Å²) >= 11 is 6.04. The van der Waals surface area contributed by atoms with Crippen LogP contribution in [0.3, 0.4) is 0 Å². The topological polar surface area (TPSA) is 69.4 Å². The van der Waals surface area contributed by atoms with Gasteiger partial charge >= 0.3 is 0 Å². The first-order valence-corrected chi connectivity index (χ1v) is 9.27. The van der Waals surface area contributed by atoms with Crippen molar-refractivity contribution in [2.45, 2.75) is 25.0 Å². The fourth-order valence-electron chi connectivity index (χ4n) is 3.17. The fraction of sp³-hybridized carbons (Fsp3) is 0.600. The highest BCUT2D eigenvalue weighted by atomic mass is 35.5. The van der Waals surface area contributed by atoms with E-state index in [1.165, 1.54) is 0 Å². The minimum Gasteiger partial charge on any atom is -0.381 e. The van der Waals surface area contributed by atoms with Crippen LogP contribution in [0.1, 0.15) is 25.3 Å². The molecule has 1 saturated carbocycles. The number of hydrogen-bond donors (Lipinski definition) is 1. The highest BCUT2D eigenvalue weighted by Crippen LogP contribution is 2.62. The molecule has 0 aliphatic heterocycles. The van der Waals surface area contributed by atoms with Crippen molar-refractivity contribution >= 4 is 21.4 Å². The van der Waals surface area contributed by atoms with Gasteiger partial charge in [0.05, 0.1) is 11.9 Å². The quantitative estimate of drug-likeness (QED) is 0.831. The maximum atomic E-state index is 12.4.